The van der Waals surface area contributed by atoms with E-state index in [0.29, 0.717) is 17.2 Å². The number of carbonyl (C=O) groups excluding carboxylic acids is 2. The van der Waals surface area contributed by atoms with E-state index < -0.39 is 18.5 Å². The maximum atomic E-state index is 11.9. The van der Waals surface area contributed by atoms with Gasteiger partial charge in [0.15, 0.2) is 6.61 Å². The summed E-state index contributed by atoms with van der Waals surface area (Å²) in [5.41, 5.74) is 0.649. The first kappa shape index (κ1) is 17.6. The number of halogens is 1. The van der Waals surface area contributed by atoms with Crippen LogP contribution in [0.1, 0.15) is 10.4 Å². The van der Waals surface area contributed by atoms with Gasteiger partial charge in [-0.25, -0.2) is 9.78 Å². The van der Waals surface area contributed by atoms with Crippen LogP contribution in [0.15, 0.2) is 36.5 Å². The number of hydrogen-bond acceptors (Lipinski definition) is 6. The SMILES string of the molecule is COc1ccc(NC(=O)COC(=O)c2ccnc(Cl)c2)c(OC)c1. The number of aromatic nitrogens is 1. The molecule has 0 spiro atoms. The van der Waals surface area contributed by atoms with Crippen molar-refractivity contribution < 1.29 is 23.8 Å². The van der Waals surface area contributed by atoms with Crippen molar-refractivity contribution in [3.05, 3.63) is 47.2 Å². The fraction of sp³-hybridized carbons (Fsp3) is 0.188. The zero-order chi connectivity index (χ0) is 17.5. The van der Waals surface area contributed by atoms with Crippen molar-refractivity contribution in [1.29, 1.82) is 0 Å². The highest BCUT2D eigenvalue weighted by Crippen LogP contribution is 2.28. The summed E-state index contributed by atoms with van der Waals surface area (Å²) in [7, 11) is 3.00. The molecule has 1 aromatic heterocycles. The predicted molar refractivity (Wildman–Crippen MR) is 87.7 cm³/mol. The Hall–Kier alpha value is -2.80. The molecule has 1 N–H and O–H groups in total. The predicted octanol–water partition coefficient (Wildman–Crippen LogP) is 2.55. The molecule has 0 radical (unpaired) electrons. The number of nitrogens with zero attached hydrogens (tertiary/aromatic N) is 1. The fourth-order valence-electron chi connectivity index (χ4n) is 1.83. The fourth-order valence-corrected chi connectivity index (χ4v) is 2.01. The number of rotatable bonds is 6. The topological polar surface area (TPSA) is 86.8 Å². The summed E-state index contributed by atoms with van der Waals surface area (Å²) in [4.78, 5) is 27.5. The van der Waals surface area contributed by atoms with Crippen LogP contribution in [0.4, 0.5) is 5.69 Å². The van der Waals surface area contributed by atoms with E-state index >= 15 is 0 Å². The molecule has 2 aromatic rings. The third-order valence-electron chi connectivity index (χ3n) is 2.98. The highest BCUT2D eigenvalue weighted by Gasteiger charge is 2.13. The number of pyridine rings is 1. The van der Waals surface area contributed by atoms with E-state index in [0.717, 1.165) is 0 Å². The molecular weight excluding hydrogens is 336 g/mol. The van der Waals surface area contributed by atoms with E-state index in [9.17, 15) is 9.59 Å². The van der Waals surface area contributed by atoms with Gasteiger partial charge in [-0.2, -0.15) is 0 Å². The molecule has 0 aliphatic rings. The van der Waals surface area contributed by atoms with Crippen LogP contribution < -0.4 is 14.8 Å². The first-order valence-corrected chi connectivity index (χ1v) is 7.22. The molecule has 7 nitrogen and oxygen atoms in total. The van der Waals surface area contributed by atoms with Crippen LogP contribution in [0, 0.1) is 0 Å². The minimum atomic E-state index is -0.670. The van der Waals surface area contributed by atoms with Gasteiger partial charge in [0.1, 0.15) is 16.7 Å². The van der Waals surface area contributed by atoms with Gasteiger partial charge in [0.25, 0.3) is 5.91 Å². The normalized spacial score (nSPS) is 9.96. The van der Waals surface area contributed by atoms with Crippen molar-refractivity contribution in [2.24, 2.45) is 0 Å². The third kappa shape index (κ3) is 4.60. The van der Waals surface area contributed by atoms with Gasteiger partial charge in [-0.1, -0.05) is 11.6 Å². The summed E-state index contributed by atoms with van der Waals surface area (Å²) < 4.78 is 15.2. The van der Waals surface area contributed by atoms with Gasteiger partial charge in [0.2, 0.25) is 0 Å². The lowest BCUT2D eigenvalue weighted by atomic mass is 10.2. The summed E-state index contributed by atoms with van der Waals surface area (Å²) in [5, 5.41) is 2.76. The number of amides is 1. The van der Waals surface area contributed by atoms with Crippen molar-refractivity contribution >= 4 is 29.2 Å². The minimum Gasteiger partial charge on any atom is -0.497 e. The monoisotopic (exact) mass is 350 g/mol. The number of methoxy groups -OCH3 is 2. The lowest BCUT2D eigenvalue weighted by Gasteiger charge is -2.11. The number of carbonyl (C=O) groups is 2. The van der Waals surface area contributed by atoms with Gasteiger partial charge in [-0.05, 0) is 24.3 Å². The van der Waals surface area contributed by atoms with Gasteiger partial charge in [-0.15, -0.1) is 0 Å². The zero-order valence-electron chi connectivity index (χ0n) is 13.0. The number of hydrogen-bond donors (Lipinski definition) is 1. The van der Waals surface area contributed by atoms with Crippen molar-refractivity contribution in [3.63, 3.8) is 0 Å². The van der Waals surface area contributed by atoms with Gasteiger partial charge >= 0.3 is 5.97 Å². The Balaban J connectivity index is 1.95. The largest absolute Gasteiger partial charge is 0.497 e. The first-order chi connectivity index (χ1) is 11.5. The summed E-state index contributed by atoms with van der Waals surface area (Å²) in [6.07, 6.45) is 1.38. The Bertz CT molecular complexity index is 751. The van der Waals surface area contributed by atoms with Crippen LogP contribution in [0.5, 0.6) is 11.5 Å². The highest BCUT2D eigenvalue weighted by molar-refractivity contribution is 6.29. The van der Waals surface area contributed by atoms with Crippen molar-refractivity contribution in [3.8, 4) is 11.5 Å². The molecule has 0 bridgehead atoms. The first-order valence-electron chi connectivity index (χ1n) is 6.84. The highest BCUT2D eigenvalue weighted by atomic mass is 35.5. The van der Waals surface area contributed by atoms with E-state index in [1.54, 1.807) is 18.2 Å². The van der Waals surface area contributed by atoms with Crippen LogP contribution in [0.3, 0.4) is 0 Å². The Morgan fingerprint density at radius 1 is 1.17 bits per heavy atom. The van der Waals surface area contributed by atoms with Gasteiger partial charge in [-0.3, -0.25) is 4.79 Å². The molecule has 0 atom stereocenters. The Kier molecular flexibility index (Phi) is 5.97. The van der Waals surface area contributed by atoms with E-state index in [-0.39, 0.29) is 10.7 Å². The van der Waals surface area contributed by atoms with Crippen LogP contribution in [-0.4, -0.2) is 37.7 Å². The number of esters is 1. The van der Waals surface area contributed by atoms with E-state index in [2.05, 4.69) is 10.3 Å². The smallest absolute Gasteiger partial charge is 0.338 e. The molecule has 1 aromatic carbocycles. The molecule has 0 saturated carbocycles. The molecule has 0 aliphatic carbocycles. The maximum Gasteiger partial charge on any atom is 0.338 e. The van der Waals surface area contributed by atoms with E-state index in [1.807, 2.05) is 0 Å². The molecule has 126 valence electrons. The molecule has 0 unspecified atom stereocenters. The number of nitrogens with one attached hydrogen (secondary N) is 1. The molecule has 0 saturated heterocycles. The van der Waals surface area contributed by atoms with Gasteiger partial charge in [0, 0.05) is 12.3 Å². The van der Waals surface area contributed by atoms with Crippen LogP contribution in [0.2, 0.25) is 5.15 Å². The number of anilines is 1. The van der Waals surface area contributed by atoms with Crippen molar-refractivity contribution in [1.82, 2.24) is 4.98 Å². The van der Waals surface area contributed by atoms with Crippen LogP contribution in [-0.2, 0) is 9.53 Å². The Labute approximate surface area is 143 Å². The van der Waals surface area contributed by atoms with E-state index in [4.69, 9.17) is 25.8 Å². The van der Waals surface area contributed by atoms with Crippen molar-refractivity contribution in [2.75, 3.05) is 26.1 Å². The molecule has 1 heterocycles. The molecule has 0 aliphatic heterocycles. The summed E-state index contributed by atoms with van der Waals surface area (Å²) in [5.74, 6) is -0.163. The average molecular weight is 351 g/mol. The van der Waals surface area contributed by atoms with Crippen LogP contribution >= 0.6 is 11.6 Å². The molecule has 8 heteroatoms. The number of benzene rings is 1. The maximum absolute atomic E-state index is 11.9. The molecule has 2 rings (SSSR count). The van der Waals surface area contributed by atoms with Crippen LogP contribution in [0.25, 0.3) is 0 Å². The summed E-state index contributed by atoms with van der Waals surface area (Å²) in [6, 6.07) is 7.72. The molecule has 24 heavy (non-hydrogen) atoms. The zero-order valence-corrected chi connectivity index (χ0v) is 13.8. The Morgan fingerprint density at radius 3 is 2.62 bits per heavy atom. The molecule has 1 amide bonds. The Morgan fingerprint density at radius 2 is 1.96 bits per heavy atom. The van der Waals surface area contributed by atoms with Gasteiger partial charge in [0.05, 0.1) is 25.5 Å². The van der Waals surface area contributed by atoms with E-state index in [1.165, 1.54) is 32.5 Å². The molecular formula is C16H15ClN2O5. The second kappa shape index (κ2) is 8.16. The standard InChI is InChI=1S/C16H15ClN2O5/c1-22-11-3-4-12(13(8-11)23-2)19-15(20)9-24-16(21)10-5-6-18-14(17)7-10/h3-8H,9H2,1-2H3,(H,19,20). The lowest BCUT2D eigenvalue weighted by Crippen LogP contribution is -2.21. The lowest BCUT2D eigenvalue weighted by molar-refractivity contribution is -0.119. The number of ether oxygens (including phenoxy) is 3. The van der Waals surface area contributed by atoms with Gasteiger partial charge < -0.3 is 19.5 Å². The summed E-state index contributed by atoms with van der Waals surface area (Å²) in [6.45, 7) is -0.450. The second-order valence-corrected chi connectivity index (χ2v) is 4.95. The third-order valence-corrected chi connectivity index (χ3v) is 3.19. The molecule has 0 fully saturated rings. The summed E-state index contributed by atoms with van der Waals surface area (Å²) >= 11 is 5.69. The van der Waals surface area contributed by atoms with Crippen molar-refractivity contribution in [2.45, 2.75) is 0 Å². The quantitative estimate of drug-likeness (QED) is 0.636. The second-order valence-electron chi connectivity index (χ2n) is 4.56. The minimum absolute atomic E-state index is 0.164. The average Bonchev–Trinajstić information content (AvgIpc) is 2.60.